The van der Waals surface area contributed by atoms with Crippen LogP contribution >= 0.6 is 11.3 Å². The molecular weight excluding hydrogens is 586 g/mol. The van der Waals surface area contributed by atoms with E-state index >= 15 is 0 Å². The summed E-state index contributed by atoms with van der Waals surface area (Å²) in [6.07, 6.45) is 1.81. The quantitative estimate of drug-likeness (QED) is 0.214. The fraction of sp³-hybridized carbons (Fsp3) is 0.139. The molecule has 8 nitrogen and oxygen atoms in total. The van der Waals surface area contributed by atoms with Gasteiger partial charge in [0.2, 0.25) is 0 Å². The minimum Gasteiger partial charge on any atom is -0.493 e. The number of ether oxygens (including phenoxy) is 3. The number of amides is 1. The van der Waals surface area contributed by atoms with E-state index in [1.165, 1.54) is 11.3 Å². The van der Waals surface area contributed by atoms with Crippen molar-refractivity contribution in [2.24, 2.45) is 4.99 Å². The predicted octanol–water partition coefficient (Wildman–Crippen LogP) is 5.34. The summed E-state index contributed by atoms with van der Waals surface area (Å²) in [6.45, 7) is 2.52. The zero-order chi connectivity index (χ0) is 31.2. The lowest BCUT2D eigenvalue weighted by Gasteiger charge is -2.25. The van der Waals surface area contributed by atoms with Gasteiger partial charge in [-0.15, -0.1) is 0 Å². The molecule has 4 aromatic carbocycles. The van der Waals surface area contributed by atoms with Crippen LogP contribution in [-0.4, -0.2) is 30.8 Å². The van der Waals surface area contributed by atoms with Crippen molar-refractivity contribution in [3.8, 4) is 17.2 Å². The van der Waals surface area contributed by atoms with Crippen LogP contribution in [0.2, 0.25) is 0 Å². The Kier molecular flexibility index (Phi) is 8.89. The van der Waals surface area contributed by atoms with Crippen molar-refractivity contribution in [2.75, 3.05) is 25.6 Å². The van der Waals surface area contributed by atoms with Gasteiger partial charge in [0.1, 0.15) is 19.0 Å². The molecule has 2 heterocycles. The first-order chi connectivity index (χ1) is 22.0. The molecule has 0 spiro atoms. The van der Waals surface area contributed by atoms with Gasteiger partial charge in [-0.2, -0.15) is 0 Å². The largest absolute Gasteiger partial charge is 0.493 e. The summed E-state index contributed by atoms with van der Waals surface area (Å²) in [6, 6.07) is 33.2. The Morgan fingerprint density at radius 2 is 1.56 bits per heavy atom. The van der Waals surface area contributed by atoms with E-state index in [0.717, 1.165) is 16.9 Å². The molecule has 0 fully saturated rings. The molecule has 226 valence electrons. The van der Waals surface area contributed by atoms with Gasteiger partial charge in [-0.05, 0) is 60.5 Å². The molecule has 1 aromatic heterocycles. The van der Waals surface area contributed by atoms with Crippen LogP contribution in [0.25, 0.3) is 6.08 Å². The van der Waals surface area contributed by atoms with Crippen molar-refractivity contribution in [3.63, 3.8) is 0 Å². The maximum absolute atomic E-state index is 14.0. The Hall–Kier alpha value is -5.41. The second-order valence-electron chi connectivity index (χ2n) is 10.2. The average molecular weight is 618 g/mol. The molecule has 1 aliphatic heterocycles. The molecule has 0 unspecified atom stereocenters. The Bertz CT molecular complexity index is 2020. The standard InChI is InChI=1S/C36H31N3O5S/c1-24-32(34(40)38-27-14-8-4-9-15-27)33(26-12-6-3-7-13-26)39-35(41)31(45-36(39)37-24)23-25-18-19-29(30(22-25)42-2)44-21-20-43-28-16-10-5-11-17-28/h3-19,22-23,33H,20-21H2,1-2H3,(H,38,40)/b31-23-/t33-/m0/s1. The van der Waals surface area contributed by atoms with E-state index in [9.17, 15) is 9.59 Å². The Morgan fingerprint density at radius 1 is 0.889 bits per heavy atom. The Morgan fingerprint density at radius 3 is 2.27 bits per heavy atom. The molecule has 1 amide bonds. The van der Waals surface area contributed by atoms with Gasteiger partial charge in [-0.1, -0.05) is 84.1 Å². The minimum atomic E-state index is -0.642. The lowest BCUT2D eigenvalue weighted by atomic mass is 9.95. The predicted molar refractivity (Wildman–Crippen MR) is 176 cm³/mol. The number of allylic oxidation sites excluding steroid dienone is 1. The van der Waals surface area contributed by atoms with Crippen molar-refractivity contribution in [2.45, 2.75) is 13.0 Å². The second kappa shape index (κ2) is 13.5. The normalized spacial score (nSPS) is 14.4. The number of para-hydroxylation sites is 2. The molecule has 1 aliphatic rings. The number of aromatic nitrogens is 1. The molecule has 45 heavy (non-hydrogen) atoms. The molecule has 0 saturated carbocycles. The third kappa shape index (κ3) is 6.58. The number of rotatable bonds is 10. The fourth-order valence-electron chi connectivity index (χ4n) is 5.15. The number of nitrogens with zero attached hydrogens (tertiary/aromatic N) is 2. The SMILES string of the molecule is COc1cc(/C=c2\sc3n(c2=O)[C@@H](c2ccccc2)C(C(=O)Nc2ccccc2)=C(C)N=3)ccc1OCCOc1ccccc1. The van der Waals surface area contributed by atoms with E-state index in [-0.39, 0.29) is 11.5 Å². The highest BCUT2D eigenvalue weighted by atomic mass is 32.1. The molecule has 9 heteroatoms. The highest BCUT2D eigenvalue weighted by Crippen LogP contribution is 2.31. The molecule has 0 radical (unpaired) electrons. The Labute approximate surface area is 264 Å². The molecular formula is C36H31N3O5S. The molecule has 1 N–H and O–H groups in total. The van der Waals surface area contributed by atoms with Crippen molar-refractivity contribution in [3.05, 3.63) is 151 Å². The first kappa shape index (κ1) is 29.7. The number of carbonyl (C=O) groups excluding carboxylic acids is 1. The molecule has 0 aliphatic carbocycles. The van der Waals surface area contributed by atoms with Crippen molar-refractivity contribution in [1.29, 1.82) is 0 Å². The van der Waals surface area contributed by atoms with Gasteiger partial charge < -0.3 is 19.5 Å². The third-order valence-corrected chi connectivity index (χ3v) is 8.23. The van der Waals surface area contributed by atoms with Crippen molar-refractivity contribution in [1.82, 2.24) is 4.57 Å². The van der Waals surface area contributed by atoms with Gasteiger partial charge in [-0.3, -0.25) is 14.2 Å². The number of thiazole rings is 1. The molecule has 6 rings (SSSR count). The number of nitrogens with one attached hydrogen (secondary N) is 1. The summed E-state index contributed by atoms with van der Waals surface area (Å²) in [7, 11) is 1.57. The van der Waals surface area contributed by atoms with Gasteiger partial charge in [0.15, 0.2) is 16.3 Å². The topological polar surface area (TPSA) is 91.2 Å². The van der Waals surface area contributed by atoms with Crippen LogP contribution < -0.4 is 34.4 Å². The zero-order valence-electron chi connectivity index (χ0n) is 24.8. The Balaban J connectivity index is 1.30. The number of benzene rings is 4. The first-order valence-corrected chi connectivity index (χ1v) is 15.3. The summed E-state index contributed by atoms with van der Waals surface area (Å²) in [5.74, 6) is 1.58. The van der Waals surface area contributed by atoms with Crippen LogP contribution in [0.4, 0.5) is 5.69 Å². The van der Waals surface area contributed by atoms with Crippen LogP contribution in [0.15, 0.2) is 130 Å². The van der Waals surface area contributed by atoms with Gasteiger partial charge in [0.25, 0.3) is 11.5 Å². The van der Waals surface area contributed by atoms with E-state index in [4.69, 9.17) is 19.2 Å². The summed E-state index contributed by atoms with van der Waals surface area (Å²) < 4.78 is 19.3. The van der Waals surface area contributed by atoms with Gasteiger partial charge in [-0.25, -0.2) is 4.99 Å². The number of anilines is 1. The fourth-order valence-corrected chi connectivity index (χ4v) is 6.20. The summed E-state index contributed by atoms with van der Waals surface area (Å²) in [4.78, 5) is 32.9. The average Bonchev–Trinajstić information content (AvgIpc) is 3.37. The highest BCUT2D eigenvalue weighted by molar-refractivity contribution is 7.07. The number of hydrogen-bond acceptors (Lipinski definition) is 7. The minimum absolute atomic E-state index is 0.234. The van der Waals surface area contributed by atoms with Crippen LogP contribution in [-0.2, 0) is 4.79 Å². The zero-order valence-corrected chi connectivity index (χ0v) is 25.6. The molecule has 0 saturated heterocycles. The van der Waals surface area contributed by atoms with Crippen molar-refractivity contribution < 1.29 is 19.0 Å². The van der Waals surface area contributed by atoms with Gasteiger partial charge in [0.05, 0.1) is 29.0 Å². The van der Waals surface area contributed by atoms with E-state index in [1.54, 1.807) is 24.7 Å². The molecule has 0 bridgehead atoms. The van der Waals surface area contributed by atoms with Crippen LogP contribution in [0.1, 0.15) is 24.1 Å². The van der Waals surface area contributed by atoms with Crippen LogP contribution in [0.3, 0.4) is 0 Å². The number of methoxy groups -OCH3 is 1. The maximum atomic E-state index is 14.0. The van der Waals surface area contributed by atoms with Crippen molar-refractivity contribution >= 4 is 29.0 Å². The van der Waals surface area contributed by atoms with Gasteiger partial charge in [0, 0.05) is 5.69 Å². The summed E-state index contributed by atoms with van der Waals surface area (Å²) in [5.41, 5.74) is 2.99. The molecule has 5 aromatic rings. The maximum Gasteiger partial charge on any atom is 0.271 e. The van der Waals surface area contributed by atoms with Crippen LogP contribution in [0, 0.1) is 0 Å². The summed E-state index contributed by atoms with van der Waals surface area (Å²) >= 11 is 1.28. The van der Waals surface area contributed by atoms with Gasteiger partial charge >= 0.3 is 0 Å². The smallest absolute Gasteiger partial charge is 0.271 e. The van der Waals surface area contributed by atoms with E-state index < -0.39 is 6.04 Å². The second-order valence-corrected chi connectivity index (χ2v) is 11.2. The third-order valence-electron chi connectivity index (χ3n) is 7.25. The first-order valence-electron chi connectivity index (χ1n) is 14.4. The number of fused-ring (bicyclic) bond motifs is 1. The van der Waals surface area contributed by atoms with E-state index in [1.807, 2.05) is 109 Å². The number of hydrogen-bond donors (Lipinski definition) is 1. The lowest BCUT2D eigenvalue weighted by molar-refractivity contribution is -0.113. The van der Waals surface area contributed by atoms with E-state index in [2.05, 4.69) is 5.32 Å². The monoisotopic (exact) mass is 617 g/mol. The van der Waals surface area contributed by atoms with E-state index in [0.29, 0.717) is 51.0 Å². The number of carbonyl (C=O) groups is 1. The summed E-state index contributed by atoms with van der Waals surface area (Å²) in [5, 5.41) is 2.97. The lowest BCUT2D eigenvalue weighted by Crippen LogP contribution is -2.40. The van der Waals surface area contributed by atoms with Crippen LogP contribution in [0.5, 0.6) is 17.2 Å². The highest BCUT2D eigenvalue weighted by Gasteiger charge is 2.32. The molecule has 1 atom stereocenters.